The molecule has 5 nitrogen and oxygen atoms in total. The highest BCUT2D eigenvalue weighted by atomic mass is 35.5. The maximum Gasteiger partial charge on any atom is 0.231 e. The van der Waals surface area contributed by atoms with Gasteiger partial charge in [-0.1, -0.05) is 12.5 Å². The minimum absolute atomic E-state index is 0. The van der Waals surface area contributed by atoms with Crippen LogP contribution in [-0.2, 0) is 11.3 Å². The number of benzene rings is 1. The van der Waals surface area contributed by atoms with E-state index in [1.165, 1.54) is 0 Å². The number of amides is 1. The third-order valence-electron chi connectivity index (χ3n) is 4.30. The second kappa shape index (κ2) is 7.20. The molecule has 0 spiro atoms. The summed E-state index contributed by atoms with van der Waals surface area (Å²) in [7, 11) is 1.85. The number of ether oxygens (including phenoxy) is 2. The SMILES string of the molecule is CN(Cc1ccc2c(c1)OCO2)C(=O)C1CCCC(N)C1.Cl. The molecule has 1 fully saturated rings. The van der Waals surface area contributed by atoms with Crippen LogP contribution in [0.1, 0.15) is 31.2 Å². The van der Waals surface area contributed by atoms with Gasteiger partial charge in [-0.3, -0.25) is 4.79 Å². The van der Waals surface area contributed by atoms with Crippen molar-refractivity contribution in [3.8, 4) is 11.5 Å². The molecule has 1 saturated carbocycles. The van der Waals surface area contributed by atoms with Gasteiger partial charge in [-0.05, 0) is 37.0 Å². The summed E-state index contributed by atoms with van der Waals surface area (Å²) in [5, 5.41) is 0. The first kappa shape index (κ1) is 16.9. The van der Waals surface area contributed by atoms with Crippen LogP contribution in [-0.4, -0.2) is 30.7 Å². The highest BCUT2D eigenvalue weighted by molar-refractivity contribution is 5.85. The molecule has 2 N–H and O–H groups in total. The first-order chi connectivity index (χ1) is 10.1. The largest absolute Gasteiger partial charge is 0.454 e. The van der Waals surface area contributed by atoms with Crippen LogP contribution in [0, 0.1) is 5.92 Å². The number of fused-ring (bicyclic) bond motifs is 1. The third-order valence-corrected chi connectivity index (χ3v) is 4.30. The lowest BCUT2D eigenvalue weighted by molar-refractivity contribution is -0.135. The molecule has 1 heterocycles. The molecule has 1 amide bonds. The Morgan fingerprint density at radius 3 is 2.86 bits per heavy atom. The zero-order valence-electron chi connectivity index (χ0n) is 12.8. The number of nitrogens with zero attached hydrogens (tertiary/aromatic N) is 1. The molecule has 0 bridgehead atoms. The second-order valence-corrected chi connectivity index (χ2v) is 6.01. The van der Waals surface area contributed by atoms with Crippen LogP contribution in [0.4, 0.5) is 0 Å². The number of carbonyl (C=O) groups is 1. The molecule has 1 aromatic rings. The Labute approximate surface area is 137 Å². The average molecular weight is 327 g/mol. The Kier molecular flexibility index (Phi) is 5.53. The van der Waals surface area contributed by atoms with Crippen LogP contribution in [0.2, 0.25) is 0 Å². The van der Waals surface area contributed by atoms with Crippen LogP contribution < -0.4 is 15.2 Å². The summed E-state index contributed by atoms with van der Waals surface area (Å²) in [5.74, 6) is 1.80. The highest BCUT2D eigenvalue weighted by Gasteiger charge is 2.27. The van der Waals surface area contributed by atoms with Gasteiger partial charge in [-0.25, -0.2) is 0 Å². The number of hydrogen-bond donors (Lipinski definition) is 1. The summed E-state index contributed by atoms with van der Waals surface area (Å²) < 4.78 is 10.7. The van der Waals surface area contributed by atoms with Gasteiger partial charge in [0, 0.05) is 25.6 Å². The molecule has 122 valence electrons. The molecular weight excluding hydrogens is 304 g/mol. The Hall–Kier alpha value is -1.46. The maximum absolute atomic E-state index is 12.5. The van der Waals surface area contributed by atoms with Crippen molar-refractivity contribution in [2.75, 3.05) is 13.8 Å². The van der Waals surface area contributed by atoms with Crippen LogP contribution >= 0.6 is 12.4 Å². The van der Waals surface area contributed by atoms with Crippen molar-refractivity contribution in [2.24, 2.45) is 11.7 Å². The number of hydrogen-bond acceptors (Lipinski definition) is 4. The summed E-state index contributed by atoms with van der Waals surface area (Å²) in [6, 6.07) is 5.99. The van der Waals surface area contributed by atoms with Gasteiger partial charge in [0.25, 0.3) is 0 Å². The van der Waals surface area contributed by atoms with Crippen molar-refractivity contribution in [3.05, 3.63) is 23.8 Å². The average Bonchev–Trinajstić information content (AvgIpc) is 2.94. The molecule has 3 rings (SSSR count). The summed E-state index contributed by atoms with van der Waals surface area (Å²) >= 11 is 0. The molecule has 1 aromatic carbocycles. The fourth-order valence-electron chi connectivity index (χ4n) is 3.15. The lowest BCUT2D eigenvalue weighted by atomic mass is 9.85. The zero-order chi connectivity index (χ0) is 14.8. The minimum atomic E-state index is 0. The summed E-state index contributed by atoms with van der Waals surface area (Å²) in [4.78, 5) is 14.3. The van der Waals surface area contributed by atoms with Crippen molar-refractivity contribution < 1.29 is 14.3 Å². The zero-order valence-corrected chi connectivity index (χ0v) is 13.6. The molecule has 2 unspecified atom stereocenters. The molecule has 2 aliphatic rings. The first-order valence-electron chi connectivity index (χ1n) is 7.52. The van der Waals surface area contributed by atoms with Gasteiger partial charge in [0.15, 0.2) is 11.5 Å². The van der Waals surface area contributed by atoms with E-state index in [0.29, 0.717) is 6.54 Å². The van der Waals surface area contributed by atoms with Crippen LogP contribution in [0.5, 0.6) is 11.5 Å². The Balaban J connectivity index is 0.00000176. The minimum Gasteiger partial charge on any atom is -0.454 e. The third kappa shape index (κ3) is 3.65. The van der Waals surface area contributed by atoms with Crippen LogP contribution in [0.25, 0.3) is 0 Å². The number of rotatable bonds is 3. The van der Waals surface area contributed by atoms with E-state index in [0.717, 1.165) is 42.7 Å². The molecular formula is C16H23ClN2O3. The van der Waals surface area contributed by atoms with E-state index in [4.69, 9.17) is 15.2 Å². The Morgan fingerprint density at radius 2 is 2.09 bits per heavy atom. The fourth-order valence-corrected chi connectivity index (χ4v) is 3.15. The predicted molar refractivity (Wildman–Crippen MR) is 86.2 cm³/mol. The maximum atomic E-state index is 12.5. The van der Waals surface area contributed by atoms with Crippen molar-refractivity contribution in [1.82, 2.24) is 4.90 Å². The molecule has 1 aliphatic heterocycles. The molecule has 22 heavy (non-hydrogen) atoms. The van der Waals surface area contributed by atoms with Gasteiger partial charge in [0.1, 0.15) is 0 Å². The normalized spacial score (nSPS) is 22.8. The quantitative estimate of drug-likeness (QED) is 0.925. The van der Waals surface area contributed by atoms with E-state index < -0.39 is 0 Å². The molecule has 0 radical (unpaired) electrons. The Bertz CT molecular complexity index is 538. The van der Waals surface area contributed by atoms with Gasteiger partial charge >= 0.3 is 0 Å². The smallest absolute Gasteiger partial charge is 0.231 e. The van der Waals surface area contributed by atoms with E-state index in [1.54, 1.807) is 4.90 Å². The van der Waals surface area contributed by atoms with E-state index >= 15 is 0 Å². The van der Waals surface area contributed by atoms with Gasteiger partial charge in [-0.2, -0.15) is 0 Å². The van der Waals surface area contributed by atoms with Gasteiger partial charge in [0.05, 0.1) is 0 Å². The monoisotopic (exact) mass is 326 g/mol. The molecule has 0 aromatic heterocycles. The molecule has 2 atom stereocenters. The fraction of sp³-hybridized carbons (Fsp3) is 0.562. The van der Waals surface area contributed by atoms with Crippen molar-refractivity contribution >= 4 is 18.3 Å². The first-order valence-corrected chi connectivity index (χ1v) is 7.52. The molecule has 0 saturated heterocycles. The molecule has 1 aliphatic carbocycles. The highest BCUT2D eigenvalue weighted by Crippen LogP contribution is 2.33. The summed E-state index contributed by atoms with van der Waals surface area (Å²) in [6.07, 6.45) is 3.85. The van der Waals surface area contributed by atoms with Gasteiger partial charge in [0.2, 0.25) is 12.7 Å². The van der Waals surface area contributed by atoms with Gasteiger partial charge in [-0.15, -0.1) is 12.4 Å². The number of carbonyl (C=O) groups excluding carboxylic acids is 1. The number of nitrogens with two attached hydrogens (primary N) is 1. The lowest BCUT2D eigenvalue weighted by Gasteiger charge is -2.29. The Morgan fingerprint density at radius 1 is 1.32 bits per heavy atom. The van der Waals surface area contributed by atoms with Gasteiger partial charge < -0.3 is 20.1 Å². The van der Waals surface area contributed by atoms with Crippen molar-refractivity contribution in [2.45, 2.75) is 38.3 Å². The second-order valence-electron chi connectivity index (χ2n) is 6.01. The predicted octanol–water partition coefficient (Wildman–Crippen LogP) is 2.31. The lowest BCUT2D eigenvalue weighted by Crippen LogP contribution is -2.38. The van der Waals surface area contributed by atoms with E-state index in [1.807, 2.05) is 25.2 Å². The molecule has 6 heteroatoms. The van der Waals surface area contributed by atoms with Crippen LogP contribution in [0.3, 0.4) is 0 Å². The summed E-state index contributed by atoms with van der Waals surface area (Å²) in [6.45, 7) is 0.856. The van der Waals surface area contributed by atoms with Crippen molar-refractivity contribution in [1.29, 1.82) is 0 Å². The standard InChI is InChI=1S/C16H22N2O3.ClH/c1-18(16(19)12-3-2-4-13(17)8-12)9-11-5-6-14-15(7-11)21-10-20-14;/h5-7,12-13H,2-4,8-10,17H2,1H3;1H. The van der Waals surface area contributed by atoms with E-state index in [2.05, 4.69) is 0 Å². The topological polar surface area (TPSA) is 64.8 Å². The number of halogens is 1. The van der Waals surface area contributed by atoms with E-state index in [9.17, 15) is 4.79 Å². The van der Waals surface area contributed by atoms with E-state index in [-0.39, 0.29) is 37.1 Å². The summed E-state index contributed by atoms with van der Waals surface area (Å²) in [5.41, 5.74) is 7.03. The van der Waals surface area contributed by atoms with Crippen LogP contribution in [0.15, 0.2) is 18.2 Å². The van der Waals surface area contributed by atoms with Crippen molar-refractivity contribution in [3.63, 3.8) is 0 Å².